The van der Waals surface area contributed by atoms with Crippen molar-refractivity contribution >= 4 is 44.9 Å². The first-order valence-corrected chi connectivity index (χ1v) is 10.1. The normalized spacial score (nSPS) is 13.6. The molecule has 7 heteroatoms. The van der Waals surface area contributed by atoms with Crippen molar-refractivity contribution in [2.24, 2.45) is 0 Å². The molecule has 0 saturated heterocycles. The molecule has 3 rings (SSSR count). The molecule has 2 aromatic carbocycles. The van der Waals surface area contributed by atoms with Crippen LogP contribution in [0.4, 0.5) is 11.4 Å². The third-order valence-corrected chi connectivity index (χ3v) is 5.37. The van der Waals surface area contributed by atoms with Gasteiger partial charge in [0, 0.05) is 21.4 Å². The smallest absolute Gasteiger partial charge is 0.264 e. The first kappa shape index (κ1) is 16.6. The molecule has 1 heterocycles. The predicted molar refractivity (Wildman–Crippen MR) is 94.4 cm³/mol. The number of nitrogens with zero attached hydrogens (tertiary/aromatic N) is 1. The minimum atomic E-state index is -3.40. The molecule has 0 unspecified atom stereocenters. The van der Waals surface area contributed by atoms with Crippen LogP contribution in [0.25, 0.3) is 0 Å². The number of para-hydroxylation sites is 1. The molecule has 0 fully saturated rings. The molecule has 0 atom stereocenters. The van der Waals surface area contributed by atoms with Crippen LogP contribution in [-0.2, 0) is 14.3 Å². The van der Waals surface area contributed by atoms with E-state index < -0.39 is 10.1 Å². The minimum absolute atomic E-state index is 0.167. The SMILES string of the molecule is CS(=O)(=O)OCCCN1c2ccccc2Sc2ccc(Cl)cc21. The maximum Gasteiger partial charge on any atom is 0.264 e. The molecule has 122 valence electrons. The van der Waals surface area contributed by atoms with Gasteiger partial charge in [-0.2, -0.15) is 8.42 Å². The van der Waals surface area contributed by atoms with Crippen molar-refractivity contribution in [2.45, 2.75) is 16.2 Å². The molecular formula is C16H16ClNO3S2. The summed E-state index contributed by atoms with van der Waals surface area (Å²) in [5.74, 6) is 0. The highest BCUT2D eigenvalue weighted by Crippen LogP contribution is 2.48. The lowest BCUT2D eigenvalue weighted by Gasteiger charge is -2.32. The van der Waals surface area contributed by atoms with Gasteiger partial charge in [-0.05, 0) is 36.8 Å². The summed E-state index contributed by atoms with van der Waals surface area (Å²) in [5.41, 5.74) is 2.15. The van der Waals surface area contributed by atoms with E-state index in [4.69, 9.17) is 15.8 Å². The van der Waals surface area contributed by atoms with Crippen molar-refractivity contribution in [3.05, 3.63) is 47.5 Å². The second kappa shape index (κ2) is 6.73. The number of hydrogen-bond donors (Lipinski definition) is 0. The Balaban J connectivity index is 1.85. The van der Waals surface area contributed by atoms with Crippen molar-refractivity contribution in [1.29, 1.82) is 0 Å². The van der Waals surface area contributed by atoms with E-state index in [1.165, 1.54) is 4.90 Å². The highest BCUT2D eigenvalue weighted by atomic mass is 35.5. The van der Waals surface area contributed by atoms with Crippen molar-refractivity contribution in [2.75, 3.05) is 24.3 Å². The molecule has 0 N–H and O–H groups in total. The lowest BCUT2D eigenvalue weighted by atomic mass is 10.2. The highest BCUT2D eigenvalue weighted by Gasteiger charge is 2.23. The Morgan fingerprint density at radius 1 is 1.13 bits per heavy atom. The van der Waals surface area contributed by atoms with E-state index in [0.29, 0.717) is 18.0 Å². The topological polar surface area (TPSA) is 46.6 Å². The average Bonchev–Trinajstić information content (AvgIpc) is 2.50. The van der Waals surface area contributed by atoms with Gasteiger partial charge in [-0.1, -0.05) is 35.5 Å². The Bertz CT molecular complexity index is 824. The molecule has 0 bridgehead atoms. The summed E-state index contributed by atoms with van der Waals surface area (Å²) in [5, 5.41) is 0.682. The number of benzene rings is 2. The molecular weight excluding hydrogens is 354 g/mol. The van der Waals surface area contributed by atoms with Gasteiger partial charge < -0.3 is 4.90 Å². The summed E-state index contributed by atoms with van der Waals surface area (Å²) >= 11 is 7.86. The first-order chi connectivity index (χ1) is 10.9. The summed E-state index contributed by atoms with van der Waals surface area (Å²) < 4.78 is 27.0. The largest absolute Gasteiger partial charge is 0.340 e. The third kappa shape index (κ3) is 4.01. The van der Waals surface area contributed by atoms with Gasteiger partial charge in [0.2, 0.25) is 0 Å². The third-order valence-electron chi connectivity index (χ3n) is 3.41. The number of rotatable bonds is 5. The van der Waals surface area contributed by atoms with Crippen LogP contribution in [0.1, 0.15) is 6.42 Å². The maximum absolute atomic E-state index is 11.1. The molecule has 1 aliphatic rings. The molecule has 0 amide bonds. The Kier molecular flexibility index (Phi) is 4.87. The van der Waals surface area contributed by atoms with E-state index in [1.807, 2.05) is 30.3 Å². The van der Waals surface area contributed by atoms with Crippen LogP contribution in [0.5, 0.6) is 0 Å². The molecule has 0 aliphatic carbocycles. The van der Waals surface area contributed by atoms with E-state index >= 15 is 0 Å². The van der Waals surface area contributed by atoms with Crippen LogP contribution in [0, 0.1) is 0 Å². The fourth-order valence-corrected chi connectivity index (χ4v) is 4.14. The Morgan fingerprint density at radius 3 is 2.65 bits per heavy atom. The minimum Gasteiger partial charge on any atom is -0.340 e. The monoisotopic (exact) mass is 369 g/mol. The summed E-state index contributed by atoms with van der Waals surface area (Å²) in [6, 6.07) is 14.0. The van der Waals surface area contributed by atoms with Gasteiger partial charge in [0.1, 0.15) is 0 Å². The van der Waals surface area contributed by atoms with E-state index in [2.05, 4.69) is 17.0 Å². The van der Waals surface area contributed by atoms with Crippen LogP contribution < -0.4 is 4.90 Å². The van der Waals surface area contributed by atoms with E-state index in [0.717, 1.165) is 22.5 Å². The second-order valence-electron chi connectivity index (χ2n) is 5.21. The fraction of sp³-hybridized carbons (Fsp3) is 0.250. The first-order valence-electron chi connectivity index (χ1n) is 7.12. The highest BCUT2D eigenvalue weighted by molar-refractivity contribution is 7.99. The van der Waals surface area contributed by atoms with Gasteiger partial charge in [-0.15, -0.1) is 0 Å². The number of halogens is 1. The van der Waals surface area contributed by atoms with Crippen LogP contribution >= 0.6 is 23.4 Å². The maximum atomic E-state index is 11.1. The molecule has 1 aliphatic heterocycles. The molecule has 0 aromatic heterocycles. The van der Waals surface area contributed by atoms with Gasteiger partial charge in [-0.3, -0.25) is 4.18 Å². The predicted octanol–water partition coefficient (Wildman–Crippen LogP) is 4.31. The van der Waals surface area contributed by atoms with Crippen molar-refractivity contribution in [1.82, 2.24) is 0 Å². The van der Waals surface area contributed by atoms with E-state index in [-0.39, 0.29) is 6.61 Å². The Morgan fingerprint density at radius 2 is 1.87 bits per heavy atom. The van der Waals surface area contributed by atoms with Crippen molar-refractivity contribution < 1.29 is 12.6 Å². The van der Waals surface area contributed by atoms with E-state index in [9.17, 15) is 8.42 Å². The van der Waals surface area contributed by atoms with Crippen LogP contribution in [0.2, 0.25) is 5.02 Å². The van der Waals surface area contributed by atoms with E-state index in [1.54, 1.807) is 11.8 Å². The Hall–Kier alpha value is -1.21. The standard InChI is InChI=1S/C16H16ClNO3S2/c1-23(19,20)21-10-4-9-18-13-5-2-3-6-15(13)22-16-8-7-12(17)11-14(16)18/h2-3,5-8,11H,4,9-10H2,1H3. The zero-order valence-corrected chi connectivity index (χ0v) is 14.9. The molecule has 0 spiro atoms. The summed E-state index contributed by atoms with van der Waals surface area (Å²) in [6.07, 6.45) is 1.66. The van der Waals surface area contributed by atoms with Gasteiger partial charge in [0.15, 0.2) is 0 Å². The van der Waals surface area contributed by atoms with Crippen LogP contribution in [-0.4, -0.2) is 27.8 Å². The summed E-state index contributed by atoms with van der Waals surface area (Å²) in [6.45, 7) is 0.820. The number of hydrogen-bond acceptors (Lipinski definition) is 5. The summed E-state index contributed by atoms with van der Waals surface area (Å²) in [4.78, 5) is 4.47. The number of anilines is 2. The van der Waals surface area contributed by atoms with Crippen LogP contribution in [0.15, 0.2) is 52.3 Å². The lowest BCUT2D eigenvalue weighted by Crippen LogP contribution is -2.23. The summed E-state index contributed by atoms with van der Waals surface area (Å²) in [7, 11) is -3.40. The second-order valence-corrected chi connectivity index (χ2v) is 8.38. The molecule has 0 radical (unpaired) electrons. The molecule has 2 aromatic rings. The quantitative estimate of drug-likeness (QED) is 0.580. The zero-order chi connectivity index (χ0) is 16.4. The lowest BCUT2D eigenvalue weighted by molar-refractivity contribution is 0.317. The Labute approximate surface area is 145 Å². The van der Waals surface area contributed by atoms with Gasteiger partial charge in [0.25, 0.3) is 10.1 Å². The number of fused-ring (bicyclic) bond motifs is 2. The van der Waals surface area contributed by atoms with Gasteiger partial charge >= 0.3 is 0 Å². The van der Waals surface area contributed by atoms with Crippen molar-refractivity contribution in [3.8, 4) is 0 Å². The molecule has 0 saturated carbocycles. The molecule has 23 heavy (non-hydrogen) atoms. The van der Waals surface area contributed by atoms with Crippen LogP contribution in [0.3, 0.4) is 0 Å². The van der Waals surface area contributed by atoms with Gasteiger partial charge in [0.05, 0.1) is 24.2 Å². The van der Waals surface area contributed by atoms with Gasteiger partial charge in [-0.25, -0.2) is 0 Å². The fourth-order valence-electron chi connectivity index (χ4n) is 2.48. The zero-order valence-electron chi connectivity index (χ0n) is 12.5. The van der Waals surface area contributed by atoms with Crippen molar-refractivity contribution in [3.63, 3.8) is 0 Å². The average molecular weight is 370 g/mol. The molecule has 4 nitrogen and oxygen atoms in total.